The van der Waals surface area contributed by atoms with Gasteiger partial charge in [-0.25, -0.2) is 4.79 Å². The van der Waals surface area contributed by atoms with E-state index in [1.54, 1.807) is 6.20 Å². The van der Waals surface area contributed by atoms with Crippen LogP contribution in [-0.2, 0) is 30.4 Å². The highest BCUT2D eigenvalue weighted by atomic mass is 32.1. The molecule has 2 aromatic rings. The summed E-state index contributed by atoms with van der Waals surface area (Å²) < 4.78 is 0. The molecule has 4 unspecified atom stereocenters. The number of nitrogens with one attached hydrogen (secondary N) is 4. The van der Waals surface area contributed by atoms with Crippen LogP contribution in [0.3, 0.4) is 0 Å². The lowest BCUT2D eigenvalue weighted by Crippen LogP contribution is -2.57. The first-order chi connectivity index (χ1) is 16.0. The molecule has 13 heteroatoms. The normalized spacial score (nSPS) is 14.4. The van der Waals surface area contributed by atoms with Crippen LogP contribution >= 0.6 is 12.6 Å². The van der Waals surface area contributed by atoms with Gasteiger partial charge in [-0.2, -0.15) is 12.6 Å². The Balaban J connectivity index is 1.93. The van der Waals surface area contributed by atoms with Crippen LogP contribution in [-0.4, -0.2) is 74.8 Å². The molecule has 0 aliphatic rings. The molecule has 0 radical (unpaired) electrons. The molecular formula is C21H27N5O7S. The number of amides is 3. The fraction of sp³-hybridized carbons (Fsp3) is 0.381. The van der Waals surface area contributed by atoms with Gasteiger partial charge in [-0.15, -0.1) is 0 Å². The van der Waals surface area contributed by atoms with Gasteiger partial charge in [0.05, 0.1) is 12.5 Å². The summed E-state index contributed by atoms with van der Waals surface area (Å²) in [7, 11) is 0. The van der Waals surface area contributed by atoms with E-state index in [1.165, 1.54) is 6.92 Å². The maximum absolute atomic E-state index is 12.6. The third-order valence-corrected chi connectivity index (χ3v) is 5.38. The lowest BCUT2D eigenvalue weighted by atomic mass is 10.0. The van der Waals surface area contributed by atoms with E-state index in [-0.39, 0.29) is 12.2 Å². The Morgan fingerprint density at radius 3 is 2.26 bits per heavy atom. The Kier molecular flexibility index (Phi) is 9.45. The average Bonchev–Trinajstić information content (AvgIpc) is 3.18. The lowest BCUT2D eigenvalue weighted by Gasteiger charge is -2.22. The molecule has 0 spiro atoms. The molecule has 0 aliphatic carbocycles. The standard InChI is InChI=1S/C21H27N5O7S/c1-10(18(29)25-15(21(32)33)7-17(27)28)24-20(31)16(9-34)26-19(30)13(22)6-11-8-23-14-5-3-2-4-12(11)14/h2-5,8,10,13,15-16,23,34H,6-7,9,22H2,1H3,(H,24,31)(H,25,29)(H,26,30)(H,27,28)(H,32,33). The fourth-order valence-electron chi connectivity index (χ4n) is 3.15. The van der Waals surface area contributed by atoms with Gasteiger partial charge in [-0.05, 0) is 25.0 Å². The van der Waals surface area contributed by atoms with E-state index in [0.29, 0.717) is 0 Å². The van der Waals surface area contributed by atoms with Crippen LogP contribution in [0.5, 0.6) is 0 Å². The monoisotopic (exact) mass is 493 g/mol. The van der Waals surface area contributed by atoms with Crippen LogP contribution in [0.25, 0.3) is 10.9 Å². The summed E-state index contributed by atoms with van der Waals surface area (Å²) in [6.07, 6.45) is 1.15. The summed E-state index contributed by atoms with van der Waals surface area (Å²) in [4.78, 5) is 62.2. The predicted molar refractivity (Wildman–Crippen MR) is 125 cm³/mol. The van der Waals surface area contributed by atoms with Crippen LogP contribution in [0.2, 0.25) is 0 Å². The molecule has 2 rings (SSSR count). The number of carboxylic acids is 2. The number of fused-ring (bicyclic) bond motifs is 1. The van der Waals surface area contributed by atoms with E-state index in [4.69, 9.17) is 15.9 Å². The number of para-hydroxylation sites is 1. The molecule has 0 bridgehead atoms. The number of rotatable bonds is 12. The van der Waals surface area contributed by atoms with Gasteiger partial charge in [0.25, 0.3) is 0 Å². The zero-order valence-corrected chi connectivity index (χ0v) is 19.2. The average molecular weight is 494 g/mol. The molecule has 184 valence electrons. The number of carbonyl (C=O) groups is 5. The number of nitrogens with two attached hydrogens (primary N) is 1. The molecule has 1 aromatic carbocycles. The van der Waals surface area contributed by atoms with Crippen molar-refractivity contribution >= 4 is 53.2 Å². The SMILES string of the molecule is CC(NC(=O)C(CS)NC(=O)C(N)Cc1c[nH]c2ccccc12)C(=O)NC(CC(=O)O)C(=O)O. The number of hydrogen-bond donors (Lipinski definition) is 8. The van der Waals surface area contributed by atoms with Crippen molar-refractivity contribution in [1.29, 1.82) is 0 Å². The minimum absolute atomic E-state index is 0.0948. The summed E-state index contributed by atoms with van der Waals surface area (Å²) >= 11 is 4.06. The molecule has 1 aromatic heterocycles. The Bertz CT molecular complexity index is 1070. The van der Waals surface area contributed by atoms with Crippen molar-refractivity contribution in [2.24, 2.45) is 5.73 Å². The first-order valence-corrected chi connectivity index (χ1v) is 10.9. The molecule has 3 amide bonds. The smallest absolute Gasteiger partial charge is 0.326 e. The number of thiol groups is 1. The third kappa shape index (κ3) is 7.22. The number of carbonyl (C=O) groups excluding carboxylic acids is 3. The maximum Gasteiger partial charge on any atom is 0.326 e. The molecule has 8 N–H and O–H groups in total. The second kappa shape index (κ2) is 12.0. The summed E-state index contributed by atoms with van der Waals surface area (Å²) in [5, 5.41) is 25.6. The van der Waals surface area contributed by atoms with E-state index in [1.807, 2.05) is 29.6 Å². The Hall–Kier alpha value is -3.58. The Labute approximate surface area is 200 Å². The number of aromatic nitrogens is 1. The molecule has 12 nitrogen and oxygen atoms in total. The van der Waals surface area contributed by atoms with E-state index < -0.39 is 60.2 Å². The number of carboxylic acid groups (broad SMARTS) is 2. The van der Waals surface area contributed by atoms with Crippen molar-refractivity contribution in [3.63, 3.8) is 0 Å². The first-order valence-electron chi connectivity index (χ1n) is 10.3. The van der Waals surface area contributed by atoms with Crippen LogP contribution in [0.1, 0.15) is 18.9 Å². The molecule has 0 aliphatic heterocycles. The van der Waals surface area contributed by atoms with Crippen molar-refractivity contribution in [1.82, 2.24) is 20.9 Å². The number of benzene rings is 1. The topological polar surface area (TPSA) is 204 Å². The Morgan fingerprint density at radius 1 is 1.00 bits per heavy atom. The van der Waals surface area contributed by atoms with Crippen molar-refractivity contribution < 1.29 is 34.2 Å². The molecule has 34 heavy (non-hydrogen) atoms. The van der Waals surface area contributed by atoms with Crippen molar-refractivity contribution in [2.45, 2.75) is 43.9 Å². The van der Waals surface area contributed by atoms with Gasteiger partial charge in [0, 0.05) is 22.9 Å². The number of hydrogen-bond acceptors (Lipinski definition) is 7. The van der Waals surface area contributed by atoms with Gasteiger partial charge < -0.3 is 36.9 Å². The van der Waals surface area contributed by atoms with E-state index >= 15 is 0 Å². The van der Waals surface area contributed by atoms with Crippen molar-refractivity contribution in [3.8, 4) is 0 Å². The summed E-state index contributed by atoms with van der Waals surface area (Å²) in [5.74, 6) is -5.27. The third-order valence-electron chi connectivity index (χ3n) is 5.01. The van der Waals surface area contributed by atoms with Crippen LogP contribution in [0.4, 0.5) is 0 Å². The van der Waals surface area contributed by atoms with Gasteiger partial charge in [0.2, 0.25) is 17.7 Å². The zero-order valence-electron chi connectivity index (χ0n) is 18.3. The highest BCUT2D eigenvalue weighted by Crippen LogP contribution is 2.18. The zero-order chi connectivity index (χ0) is 25.4. The van der Waals surface area contributed by atoms with E-state index in [9.17, 15) is 24.0 Å². The molecule has 0 saturated heterocycles. The van der Waals surface area contributed by atoms with Crippen LogP contribution in [0, 0.1) is 0 Å². The molecular weight excluding hydrogens is 466 g/mol. The first kappa shape index (κ1) is 26.7. The van der Waals surface area contributed by atoms with Gasteiger partial charge in [0.15, 0.2) is 0 Å². The van der Waals surface area contributed by atoms with Crippen LogP contribution in [0.15, 0.2) is 30.5 Å². The Morgan fingerprint density at radius 2 is 1.65 bits per heavy atom. The van der Waals surface area contributed by atoms with E-state index in [2.05, 4.69) is 28.2 Å². The molecule has 0 saturated carbocycles. The summed E-state index contributed by atoms with van der Waals surface area (Å²) in [6.45, 7) is 1.28. The fourth-order valence-corrected chi connectivity index (χ4v) is 3.41. The minimum atomic E-state index is -1.66. The lowest BCUT2D eigenvalue weighted by molar-refractivity contribution is -0.147. The van der Waals surface area contributed by atoms with Crippen LogP contribution < -0.4 is 21.7 Å². The van der Waals surface area contributed by atoms with E-state index in [0.717, 1.165) is 16.5 Å². The van der Waals surface area contributed by atoms with Gasteiger partial charge in [-0.1, -0.05) is 18.2 Å². The van der Waals surface area contributed by atoms with Crippen molar-refractivity contribution in [3.05, 3.63) is 36.0 Å². The second-order valence-corrected chi connectivity index (χ2v) is 8.01. The molecule has 1 heterocycles. The number of aromatic amines is 1. The largest absolute Gasteiger partial charge is 0.481 e. The molecule has 0 fully saturated rings. The van der Waals surface area contributed by atoms with Crippen molar-refractivity contribution in [2.75, 3.05) is 5.75 Å². The summed E-state index contributed by atoms with van der Waals surface area (Å²) in [6, 6.07) is 2.59. The predicted octanol–water partition coefficient (Wildman–Crippen LogP) is -0.999. The highest BCUT2D eigenvalue weighted by Gasteiger charge is 2.29. The number of aliphatic carboxylic acids is 2. The number of H-pyrrole nitrogens is 1. The minimum Gasteiger partial charge on any atom is -0.481 e. The van der Waals surface area contributed by atoms with Gasteiger partial charge in [-0.3, -0.25) is 19.2 Å². The van der Waals surface area contributed by atoms with Gasteiger partial charge in [0.1, 0.15) is 18.1 Å². The molecule has 4 atom stereocenters. The quantitative estimate of drug-likeness (QED) is 0.172. The maximum atomic E-state index is 12.6. The second-order valence-electron chi connectivity index (χ2n) is 7.64. The van der Waals surface area contributed by atoms with Gasteiger partial charge >= 0.3 is 11.9 Å². The highest BCUT2D eigenvalue weighted by molar-refractivity contribution is 7.80. The summed E-state index contributed by atoms with van der Waals surface area (Å²) in [5.41, 5.74) is 7.76.